The third kappa shape index (κ3) is 4.01. The van der Waals surface area contributed by atoms with Gasteiger partial charge >= 0.3 is 0 Å². The minimum absolute atomic E-state index is 0.0166. The van der Waals surface area contributed by atoms with E-state index >= 15 is 0 Å². The average molecular weight is 309 g/mol. The highest BCUT2D eigenvalue weighted by molar-refractivity contribution is 6.11. The molecule has 0 heterocycles. The van der Waals surface area contributed by atoms with E-state index in [1.54, 1.807) is 36.4 Å². The lowest BCUT2D eigenvalue weighted by molar-refractivity contribution is -0.112. The molecule has 5 heteroatoms. The van der Waals surface area contributed by atoms with Crippen molar-refractivity contribution in [2.45, 2.75) is 26.3 Å². The number of fused-ring (bicyclic) bond motifs is 1. The number of carbonyl (C=O) groups excluding carboxylic acids is 1. The minimum Gasteiger partial charge on any atom is -0.507 e. The summed E-state index contributed by atoms with van der Waals surface area (Å²) >= 11 is 0. The minimum atomic E-state index is -0.500. The van der Waals surface area contributed by atoms with Gasteiger partial charge in [-0.1, -0.05) is 24.3 Å². The highest BCUT2D eigenvalue weighted by Gasteiger charge is 2.14. The Morgan fingerprint density at radius 3 is 2.48 bits per heavy atom. The Morgan fingerprint density at radius 1 is 1.17 bits per heavy atom. The molecule has 0 unspecified atom stereocenters. The van der Waals surface area contributed by atoms with Crippen LogP contribution in [-0.2, 0) is 4.79 Å². The van der Waals surface area contributed by atoms with Crippen LogP contribution in [0.5, 0.6) is 5.75 Å². The third-order valence-corrected chi connectivity index (χ3v) is 3.16. The molecule has 0 aromatic heterocycles. The zero-order valence-corrected chi connectivity index (χ0v) is 13.3. The first-order chi connectivity index (χ1) is 10.8. The topological polar surface area (TPSA) is 85.2 Å². The van der Waals surface area contributed by atoms with Crippen molar-refractivity contribution in [3.63, 3.8) is 0 Å². The van der Waals surface area contributed by atoms with Crippen molar-refractivity contribution in [3.8, 4) is 11.8 Å². The number of phenols is 1. The Bertz CT molecular complexity index is 811. The van der Waals surface area contributed by atoms with Gasteiger partial charge in [0.25, 0.3) is 5.91 Å². The van der Waals surface area contributed by atoms with Gasteiger partial charge in [-0.3, -0.25) is 4.79 Å². The Hall–Kier alpha value is -3.00. The van der Waals surface area contributed by atoms with Gasteiger partial charge < -0.3 is 15.7 Å². The van der Waals surface area contributed by atoms with Crippen molar-refractivity contribution in [2.24, 2.45) is 0 Å². The second-order valence-corrected chi connectivity index (χ2v) is 6.20. The SMILES string of the molecule is CC(C)(C)N/C=C(/C#N)C(=O)Nc1cccc2c(O)cccc12. The number of phenolic OH excluding ortho intramolecular Hbond substituents is 1. The molecule has 2 aromatic rings. The maximum atomic E-state index is 12.3. The molecule has 0 spiro atoms. The monoisotopic (exact) mass is 309 g/mol. The van der Waals surface area contributed by atoms with Crippen LogP contribution in [-0.4, -0.2) is 16.6 Å². The summed E-state index contributed by atoms with van der Waals surface area (Å²) in [7, 11) is 0. The molecular formula is C18H19N3O2. The van der Waals surface area contributed by atoms with Crippen LogP contribution in [0.15, 0.2) is 48.2 Å². The molecular weight excluding hydrogens is 290 g/mol. The molecule has 0 radical (unpaired) electrons. The van der Waals surface area contributed by atoms with Crippen molar-refractivity contribution in [1.82, 2.24) is 5.32 Å². The molecule has 23 heavy (non-hydrogen) atoms. The molecule has 2 rings (SSSR count). The molecule has 2 aromatic carbocycles. The summed E-state index contributed by atoms with van der Waals surface area (Å²) in [6.45, 7) is 5.80. The van der Waals surface area contributed by atoms with Gasteiger partial charge in [0.15, 0.2) is 0 Å². The van der Waals surface area contributed by atoms with Crippen molar-refractivity contribution in [3.05, 3.63) is 48.2 Å². The van der Waals surface area contributed by atoms with E-state index in [1.165, 1.54) is 6.20 Å². The van der Waals surface area contributed by atoms with Crippen LogP contribution in [0.4, 0.5) is 5.69 Å². The Labute approximate surface area is 135 Å². The van der Waals surface area contributed by atoms with Gasteiger partial charge in [-0.2, -0.15) is 5.26 Å². The molecule has 5 nitrogen and oxygen atoms in total. The lowest BCUT2D eigenvalue weighted by Crippen LogP contribution is -2.32. The van der Waals surface area contributed by atoms with E-state index in [-0.39, 0.29) is 16.9 Å². The van der Waals surface area contributed by atoms with Crippen LogP contribution in [0.2, 0.25) is 0 Å². The van der Waals surface area contributed by atoms with Gasteiger partial charge in [0.05, 0.1) is 0 Å². The Kier molecular flexibility index (Phi) is 4.56. The number of anilines is 1. The van der Waals surface area contributed by atoms with E-state index in [4.69, 9.17) is 5.26 Å². The maximum absolute atomic E-state index is 12.3. The van der Waals surface area contributed by atoms with E-state index in [0.717, 1.165) is 0 Å². The first kappa shape index (κ1) is 16.4. The number of carbonyl (C=O) groups is 1. The van der Waals surface area contributed by atoms with Crippen LogP contribution in [0.25, 0.3) is 10.8 Å². The number of nitrogens with zero attached hydrogens (tertiary/aromatic N) is 1. The van der Waals surface area contributed by atoms with E-state index < -0.39 is 5.91 Å². The van der Waals surface area contributed by atoms with Crippen LogP contribution in [0.1, 0.15) is 20.8 Å². The largest absolute Gasteiger partial charge is 0.507 e. The fourth-order valence-electron chi connectivity index (χ4n) is 2.03. The normalized spacial score (nSPS) is 11.8. The first-order valence-electron chi connectivity index (χ1n) is 7.22. The number of hydrogen-bond acceptors (Lipinski definition) is 4. The third-order valence-electron chi connectivity index (χ3n) is 3.16. The van der Waals surface area contributed by atoms with E-state index in [0.29, 0.717) is 16.5 Å². The fourth-order valence-corrected chi connectivity index (χ4v) is 2.03. The summed E-state index contributed by atoms with van der Waals surface area (Å²) in [6, 6.07) is 12.2. The van der Waals surface area contributed by atoms with Crippen molar-refractivity contribution >= 4 is 22.4 Å². The van der Waals surface area contributed by atoms with Gasteiger partial charge in [0.2, 0.25) is 0 Å². The smallest absolute Gasteiger partial charge is 0.267 e. The Balaban J connectivity index is 2.30. The molecule has 1 amide bonds. The van der Waals surface area contributed by atoms with Crippen LogP contribution >= 0.6 is 0 Å². The standard InChI is InChI=1S/C18H19N3O2/c1-18(2,3)20-11-12(10-19)17(23)21-15-8-4-7-14-13(15)6-5-9-16(14)22/h4-9,11,20,22H,1-3H3,(H,21,23)/b12-11-. The summed E-state index contributed by atoms with van der Waals surface area (Å²) in [5.41, 5.74) is 0.283. The average Bonchev–Trinajstić information content (AvgIpc) is 2.48. The second-order valence-electron chi connectivity index (χ2n) is 6.20. The van der Waals surface area contributed by atoms with Crippen LogP contribution in [0, 0.1) is 11.3 Å². The molecule has 0 fully saturated rings. The second kappa shape index (κ2) is 6.41. The number of hydrogen-bond donors (Lipinski definition) is 3. The number of rotatable bonds is 3. The summed E-state index contributed by atoms with van der Waals surface area (Å²) in [5, 5.41) is 26.1. The first-order valence-corrected chi connectivity index (χ1v) is 7.22. The molecule has 118 valence electrons. The van der Waals surface area contributed by atoms with Gasteiger partial charge in [-0.05, 0) is 32.9 Å². The van der Waals surface area contributed by atoms with Gasteiger partial charge in [0, 0.05) is 28.2 Å². The number of amides is 1. The van der Waals surface area contributed by atoms with Crippen LogP contribution in [0.3, 0.4) is 0 Å². The van der Waals surface area contributed by atoms with Gasteiger partial charge in [-0.15, -0.1) is 0 Å². The van der Waals surface area contributed by atoms with Gasteiger partial charge in [-0.25, -0.2) is 0 Å². The van der Waals surface area contributed by atoms with Crippen LogP contribution < -0.4 is 10.6 Å². The van der Waals surface area contributed by atoms with E-state index in [9.17, 15) is 9.90 Å². The van der Waals surface area contributed by atoms with E-state index in [1.807, 2.05) is 26.8 Å². The summed E-state index contributed by atoms with van der Waals surface area (Å²) < 4.78 is 0. The van der Waals surface area contributed by atoms with Gasteiger partial charge in [0.1, 0.15) is 17.4 Å². The summed E-state index contributed by atoms with van der Waals surface area (Å²) in [5.74, 6) is -0.357. The highest BCUT2D eigenvalue weighted by atomic mass is 16.3. The number of aromatic hydroxyl groups is 1. The maximum Gasteiger partial charge on any atom is 0.267 e. The van der Waals surface area contributed by atoms with Crippen molar-refractivity contribution < 1.29 is 9.90 Å². The fraction of sp³-hybridized carbons (Fsp3) is 0.222. The quantitative estimate of drug-likeness (QED) is 0.600. The predicted molar refractivity (Wildman–Crippen MR) is 90.8 cm³/mol. The van der Waals surface area contributed by atoms with E-state index in [2.05, 4.69) is 10.6 Å². The summed E-state index contributed by atoms with van der Waals surface area (Å²) in [6.07, 6.45) is 1.41. The Morgan fingerprint density at radius 2 is 1.83 bits per heavy atom. The highest BCUT2D eigenvalue weighted by Crippen LogP contribution is 2.29. The zero-order valence-electron chi connectivity index (χ0n) is 13.3. The molecule has 0 aliphatic carbocycles. The lowest BCUT2D eigenvalue weighted by atomic mass is 10.1. The molecule has 0 aliphatic rings. The molecule has 0 bridgehead atoms. The molecule has 0 saturated heterocycles. The molecule has 0 saturated carbocycles. The van der Waals surface area contributed by atoms with Crippen molar-refractivity contribution in [2.75, 3.05) is 5.32 Å². The number of benzene rings is 2. The van der Waals surface area contributed by atoms with Crippen molar-refractivity contribution in [1.29, 1.82) is 5.26 Å². The number of nitrogens with one attached hydrogen (secondary N) is 2. The number of nitriles is 1. The molecule has 0 aliphatic heterocycles. The molecule has 0 atom stereocenters. The summed E-state index contributed by atoms with van der Waals surface area (Å²) in [4.78, 5) is 12.3. The molecule has 3 N–H and O–H groups in total. The lowest BCUT2D eigenvalue weighted by Gasteiger charge is -2.19. The predicted octanol–water partition coefficient (Wildman–Crippen LogP) is 3.28. The zero-order chi connectivity index (χ0) is 17.0.